The zero-order chi connectivity index (χ0) is 17.6. The predicted molar refractivity (Wildman–Crippen MR) is 101 cm³/mol. The third-order valence-electron chi connectivity index (χ3n) is 4.63. The number of para-hydroxylation sites is 1. The highest BCUT2D eigenvalue weighted by Gasteiger charge is 2.30. The summed E-state index contributed by atoms with van der Waals surface area (Å²) in [4.78, 5) is 18.1. The molecule has 0 saturated heterocycles. The molecule has 0 saturated carbocycles. The van der Waals surface area contributed by atoms with Crippen molar-refractivity contribution in [3.63, 3.8) is 0 Å². The summed E-state index contributed by atoms with van der Waals surface area (Å²) < 4.78 is 1.59. The smallest absolute Gasteiger partial charge is 0.280 e. The monoisotopic (exact) mass is 331 g/mol. The zero-order valence-corrected chi connectivity index (χ0v) is 14.7. The molecule has 2 heterocycles. The largest absolute Gasteiger partial charge is 0.295 e. The van der Waals surface area contributed by atoms with Crippen molar-refractivity contribution in [2.24, 2.45) is 4.99 Å². The summed E-state index contributed by atoms with van der Waals surface area (Å²) >= 11 is 0. The summed E-state index contributed by atoms with van der Waals surface area (Å²) in [5.74, 6) is 0. The first kappa shape index (κ1) is 15.6. The zero-order valence-electron chi connectivity index (χ0n) is 14.7. The number of hydrogen-bond donors (Lipinski definition) is 1. The number of hydrogen-bond acceptors (Lipinski definition) is 2. The Bertz CT molecular complexity index is 1020. The van der Waals surface area contributed by atoms with E-state index in [1.807, 2.05) is 49.4 Å². The van der Waals surface area contributed by atoms with Crippen molar-refractivity contribution >= 4 is 5.71 Å². The van der Waals surface area contributed by atoms with E-state index in [4.69, 9.17) is 4.99 Å². The maximum absolute atomic E-state index is 13.2. The van der Waals surface area contributed by atoms with E-state index in [2.05, 4.69) is 31.1 Å². The highest BCUT2D eigenvalue weighted by molar-refractivity contribution is 6.15. The molecule has 1 aliphatic heterocycles. The molecule has 0 spiro atoms. The third-order valence-corrected chi connectivity index (χ3v) is 4.63. The molecule has 1 N–H and O–H groups in total. The second-order valence-electron chi connectivity index (χ2n) is 7.19. The van der Waals surface area contributed by atoms with Crippen LogP contribution in [0.15, 0.2) is 64.4 Å². The lowest BCUT2D eigenvalue weighted by Crippen LogP contribution is -2.32. The van der Waals surface area contributed by atoms with Crippen LogP contribution in [-0.4, -0.2) is 21.0 Å². The van der Waals surface area contributed by atoms with Gasteiger partial charge in [0.25, 0.3) is 5.56 Å². The molecule has 4 heteroatoms. The SMILES string of the molecule is Cc1[nH]n(-c2ccccc2)c(=O)c1C1=NC(C)(C)Cc2ccccc21. The van der Waals surface area contributed by atoms with E-state index in [1.165, 1.54) is 5.56 Å². The number of aliphatic imine (C=N–C) groups is 1. The molecule has 0 bridgehead atoms. The minimum Gasteiger partial charge on any atom is -0.295 e. The number of H-pyrrole nitrogens is 1. The molecule has 25 heavy (non-hydrogen) atoms. The summed E-state index contributed by atoms with van der Waals surface area (Å²) in [6, 6.07) is 17.9. The van der Waals surface area contributed by atoms with Gasteiger partial charge in [-0.3, -0.25) is 14.9 Å². The Morgan fingerprint density at radius 1 is 1.04 bits per heavy atom. The molecule has 0 aliphatic carbocycles. The van der Waals surface area contributed by atoms with Crippen LogP contribution in [0, 0.1) is 6.92 Å². The lowest BCUT2D eigenvalue weighted by molar-refractivity contribution is 0.513. The lowest BCUT2D eigenvalue weighted by atomic mass is 9.85. The molecular weight excluding hydrogens is 310 g/mol. The van der Waals surface area contributed by atoms with Crippen LogP contribution in [0.2, 0.25) is 0 Å². The fourth-order valence-electron chi connectivity index (χ4n) is 3.55. The number of fused-ring (bicyclic) bond motifs is 1. The average molecular weight is 331 g/mol. The molecule has 0 atom stereocenters. The van der Waals surface area contributed by atoms with Crippen molar-refractivity contribution < 1.29 is 0 Å². The van der Waals surface area contributed by atoms with E-state index < -0.39 is 0 Å². The molecular formula is C21H21N3O. The van der Waals surface area contributed by atoms with Crippen LogP contribution in [0.25, 0.3) is 5.69 Å². The first-order valence-corrected chi connectivity index (χ1v) is 8.52. The van der Waals surface area contributed by atoms with E-state index >= 15 is 0 Å². The topological polar surface area (TPSA) is 50.1 Å². The highest BCUT2D eigenvalue weighted by Crippen LogP contribution is 2.29. The third kappa shape index (κ3) is 2.64. The van der Waals surface area contributed by atoms with Crippen molar-refractivity contribution in [3.05, 3.63) is 87.3 Å². The van der Waals surface area contributed by atoms with E-state index in [9.17, 15) is 4.79 Å². The number of aryl methyl sites for hydroxylation is 1. The van der Waals surface area contributed by atoms with Gasteiger partial charge in [-0.25, -0.2) is 4.68 Å². The first-order valence-electron chi connectivity index (χ1n) is 8.52. The van der Waals surface area contributed by atoms with Gasteiger partial charge in [0.15, 0.2) is 0 Å². The van der Waals surface area contributed by atoms with Crippen molar-refractivity contribution in [2.45, 2.75) is 32.7 Å². The predicted octanol–water partition coefficient (Wildman–Crippen LogP) is 3.65. The van der Waals surface area contributed by atoms with Gasteiger partial charge >= 0.3 is 0 Å². The minimum atomic E-state index is -0.225. The number of benzene rings is 2. The maximum atomic E-state index is 13.2. The molecule has 2 aromatic carbocycles. The number of nitrogens with one attached hydrogen (secondary N) is 1. The van der Waals surface area contributed by atoms with Crippen LogP contribution < -0.4 is 5.56 Å². The molecule has 0 unspecified atom stereocenters. The number of rotatable bonds is 2. The van der Waals surface area contributed by atoms with Gasteiger partial charge < -0.3 is 0 Å². The first-order chi connectivity index (χ1) is 12.0. The molecule has 0 fully saturated rings. The van der Waals surface area contributed by atoms with Crippen molar-refractivity contribution in [2.75, 3.05) is 0 Å². The lowest BCUT2D eigenvalue weighted by Gasteiger charge is -2.28. The second-order valence-corrected chi connectivity index (χ2v) is 7.19. The van der Waals surface area contributed by atoms with E-state index in [0.29, 0.717) is 5.56 Å². The fourth-order valence-corrected chi connectivity index (χ4v) is 3.55. The van der Waals surface area contributed by atoms with E-state index in [1.54, 1.807) is 4.68 Å². The van der Waals surface area contributed by atoms with Crippen LogP contribution >= 0.6 is 0 Å². The van der Waals surface area contributed by atoms with Crippen LogP contribution in [-0.2, 0) is 6.42 Å². The van der Waals surface area contributed by atoms with Crippen LogP contribution in [0.1, 0.15) is 36.2 Å². The average Bonchev–Trinajstić information content (AvgIpc) is 2.88. The van der Waals surface area contributed by atoms with Crippen LogP contribution in [0.4, 0.5) is 0 Å². The van der Waals surface area contributed by atoms with Gasteiger partial charge in [0.1, 0.15) is 0 Å². The quantitative estimate of drug-likeness (QED) is 0.766. The summed E-state index contributed by atoms with van der Waals surface area (Å²) in [7, 11) is 0. The number of aromatic amines is 1. The van der Waals surface area contributed by atoms with Gasteiger partial charge in [0, 0.05) is 11.3 Å². The summed E-state index contributed by atoms with van der Waals surface area (Å²) in [5.41, 5.74) is 5.12. The van der Waals surface area contributed by atoms with E-state index in [0.717, 1.165) is 29.1 Å². The molecule has 4 nitrogen and oxygen atoms in total. The highest BCUT2D eigenvalue weighted by atomic mass is 16.1. The molecule has 0 radical (unpaired) electrons. The Morgan fingerprint density at radius 2 is 1.72 bits per heavy atom. The van der Waals surface area contributed by atoms with Crippen molar-refractivity contribution in [3.8, 4) is 5.69 Å². The van der Waals surface area contributed by atoms with E-state index in [-0.39, 0.29) is 11.1 Å². The van der Waals surface area contributed by atoms with Crippen LogP contribution in [0.3, 0.4) is 0 Å². The van der Waals surface area contributed by atoms with Gasteiger partial charge in [-0.05, 0) is 44.9 Å². The molecule has 4 rings (SSSR count). The molecule has 1 aliphatic rings. The molecule has 3 aromatic rings. The Morgan fingerprint density at radius 3 is 2.48 bits per heavy atom. The van der Waals surface area contributed by atoms with Crippen molar-refractivity contribution in [1.82, 2.24) is 9.78 Å². The fraction of sp³-hybridized carbons (Fsp3) is 0.238. The number of nitrogens with zero attached hydrogens (tertiary/aromatic N) is 2. The minimum absolute atomic E-state index is 0.0602. The molecule has 1 aromatic heterocycles. The van der Waals surface area contributed by atoms with Crippen molar-refractivity contribution in [1.29, 1.82) is 0 Å². The van der Waals surface area contributed by atoms with Gasteiger partial charge in [-0.1, -0.05) is 42.5 Å². The Kier molecular flexibility index (Phi) is 3.49. The van der Waals surface area contributed by atoms with Gasteiger partial charge in [0.05, 0.1) is 22.5 Å². The molecule has 126 valence electrons. The van der Waals surface area contributed by atoms with Gasteiger partial charge in [-0.15, -0.1) is 0 Å². The van der Waals surface area contributed by atoms with Crippen LogP contribution in [0.5, 0.6) is 0 Å². The van der Waals surface area contributed by atoms with Gasteiger partial charge in [0.2, 0.25) is 0 Å². The Labute approximate surface area is 146 Å². The standard InChI is InChI=1S/C21H21N3O/c1-14-18(20(25)24(23-14)16-10-5-4-6-11-16)19-17-12-8-7-9-15(17)13-21(2,3)22-19/h4-12,23H,13H2,1-3H3. The number of aromatic nitrogens is 2. The molecule has 0 amide bonds. The maximum Gasteiger partial charge on any atom is 0.280 e. The summed E-state index contributed by atoms with van der Waals surface area (Å²) in [6.07, 6.45) is 0.878. The second kappa shape index (κ2) is 5.59. The summed E-state index contributed by atoms with van der Waals surface area (Å²) in [6.45, 7) is 6.16. The normalized spacial score (nSPS) is 15.6. The Hall–Kier alpha value is -2.88. The van der Waals surface area contributed by atoms with Gasteiger partial charge in [-0.2, -0.15) is 0 Å². The summed E-state index contributed by atoms with van der Waals surface area (Å²) in [5, 5.41) is 3.21. The Balaban J connectivity index is 1.95.